The fourth-order valence-electron chi connectivity index (χ4n) is 8.07. The number of hydrogen-bond donors (Lipinski definition) is 2. The van der Waals surface area contributed by atoms with E-state index in [4.69, 9.17) is 16.7 Å². The fraction of sp³-hybridized carbons (Fsp3) is 0.395. The van der Waals surface area contributed by atoms with Crippen LogP contribution >= 0.6 is 11.6 Å². The van der Waals surface area contributed by atoms with E-state index in [0.717, 1.165) is 23.8 Å². The molecule has 2 N–H and O–H groups in total. The predicted molar refractivity (Wildman–Crippen MR) is 196 cm³/mol. The topological polar surface area (TPSA) is 151 Å². The van der Waals surface area contributed by atoms with E-state index in [1.54, 1.807) is 28.5 Å². The Balaban J connectivity index is 1.15. The molecule has 1 aliphatic carbocycles. The summed E-state index contributed by atoms with van der Waals surface area (Å²) in [5.41, 5.74) is 0.913. The zero-order chi connectivity index (χ0) is 39.7. The summed E-state index contributed by atoms with van der Waals surface area (Å²) in [5.74, 6) is -1.47. The highest BCUT2D eigenvalue weighted by Crippen LogP contribution is 2.59. The molecule has 2 saturated heterocycles. The van der Waals surface area contributed by atoms with E-state index in [9.17, 15) is 37.1 Å². The first-order chi connectivity index (χ1) is 26.7. The molecule has 2 aliphatic heterocycles. The number of aryl methyl sites for hydroxylation is 1. The number of nitrogens with one attached hydrogen (secondary N) is 1. The van der Waals surface area contributed by atoms with Gasteiger partial charge in [0.2, 0.25) is 11.3 Å². The molecular formula is C38H36ClF4N9O4. The number of carbonyl (C=O) groups is 2. The molecule has 3 aromatic heterocycles. The van der Waals surface area contributed by atoms with Gasteiger partial charge in [-0.25, -0.2) is 14.4 Å². The molecule has 56 heavy (non-hydrogen) atoms. The van der Waals surface area contributed by atoms with Crippen LogP contribution < -0.4 is 10.7 Å². The van der Waals surface area contributed by atoms with Gasteiger partial charge in [0, 0.05) is 49.4 Å². The zero-order valence-corrected chi connectivity index (χ0v) is 31.0. The number of piperidine rings is 1. The van der Waals surface area contributed by atoms with Crippen molar-refractivity contribution >= 4 is 40.3 Å². The van der Waals surface area contributed by atoms with Gasteiger partial charge in [0.15, 0.2) is 22.6 Å². The van der Waals surface area contributed by atoms with E-state index in [2.05, 4.69) is 20.4 Å². The average molecular weight is 794 g/mol. The number of rotatable bonds is 9. The van der Waals surface area contributed by atoms with E-state index in [1.165, 1.54) is 11.1 Å². The van der Waals surface area contributed by atoms with Gasteiger partial charge in [0.25, 0.3) is 5.91 Å². The summed E-state index contributed by atoms with van der Waals surface area (Å²) >= 11 is 6.17. The van der Waals surface area contributed by atoms with Gasteiger partial charge >= 0.3 is 6.18 Å². The molecule has 1 saturated carbocycles. The molecule has 3 fully saturated rings. The summed E-state index contributed by atoms with van der Waals surface area (Å²) in [5, 5.41) is 22.1. The van der Waals surface area contributed by atoms with Crippen molar-refractivity contribution in [2.24, 2.45) is 5.92 Å². The Hall–Kier alpha value is -5.42. The lowest BCUT2D eigenvalue weighted by Gasteiger charge is -2.34. The number of hydrogen-bond acceptors (Lipinski definition) is 9. The standard InChI is InChI=1S/C38H36ClF4N9O4/c1-3-28-30(37-10-11-50(15-23(37)13-37)36(56)32-33(54)20(2)44-19-45-32)34(55)31-35(48-52(47-31)25-7-4-21(5-8-25)14-49-16-24(40)17-49)51(28)18-29(53)46-27-9-6-22(12-26(27)39)38(41,42)43/h4-9,12,19,23-24,54H,3,10-11,13-18H2,1-2H3,(H,46,53). The van der Waals surface area contributed by atoms with Crippen molar-refractivity contribution in [1.82, 2.24) is 39.3 Å². The first-order valence-corrected chi connectivity index (χ1v) is 18.5. The van der Waals surface area contributed by atoms with Crippen LogP contribution in [-0.4, -0.2) is 88.6 Å². The number of aromatic hydroxyl groups is 1. The summed E-state index contributed by atoms with van der Waals surface area (Å²) < 4.78 is 54.9. The molecule has 13 nitrogen and oxygen atoms in total. The number of anilines is 1. The highest BCUT2D eigenvalue weighted by atomic mass is 35.5. The van der Waals surface area contributed by atoms with Crippen LogP contribution in [-0.2, 0) is 35.9 Å². The van der Waals surface area contributed by atoms with Crippen molar-refractivity contribution in [1.29, 1.82) is 0 Å². The van der Waals surface area contributed by atoms with Crippen LogP contribution in [0.3, 0.4) is 0 Å². The van der Waals surface area contributed by atoms with Crippen LogP contribution in [0.4, 0.5) is 23.2 Å². The molecule has 8 rings (SSSR count). The number of pyridine rings is 1. The highest BCUT2D eigenvalue weighted by molar-refractivity contribution is 6.33. The molecule has 5 aromatic rings. The van der Waals surface area contributed by atoms with E-state index in [0.29, 0.717) is 62.4 Å². The molecule has 3 aliphatic rings. The molecule has 2 aromatic carbocycles. The van der Waals surface area contributed by atoms with Gasteiger partial charge in [-0.15, -0.1) is 15.0 Å². The van der Waals surface area contributed by atoms with Gasteiger partial charge in [-0.05, 0) is 68.0 Å². The fourth-order valence-corrected chi connectivity index (χ4v) is 8.30. The number of aromatic nitrogens is 6. The van der Waals surface area contributed by atoms with Crippen LogP contribution in [0.2, 0.25) is 5.02 Å². The summed E-state index contributed by atoms with van der Waals surface area (Å²) in [7, 11) is 0. The maximum atomic E-state index is 14.6. The number of amides is 2. The third kappa shape index (κ3) is 6.65. The second-order valence-electron chi connectivity index (χ2n) is 14.7. The van der Waals surface area contributed by atoms with E-state index in [-0.39, 0.29) is 63.4 Å². The van der Waals surface area contributed by atoms with Crippen LogP contribution in [0.15, 0.2) is 53.6 Å². The van der Waals surface area contributed by atoms with Gasteiger partial charge in [-0.1, -0.05) is 30.7 Å². The summed E-state index contributed by atoms with van der Waals surface area (Å²) in [4.78, 5) is 54.6. The number of carbonyl (C=O) groups excluding carboxylic acids is 2. The lowest BCUT2D eigenvalue weighted by molar-refractivity contribution is -0.137. The Morgan fingerprint density at radius 3 is 2.48 bits per heavy atom. The Labute approximate surface area is 321 Å². The van der Waals surface area contributed by atoms with Crippen LogP contribution in [0.1, 0.15) is 58.3 Å². The summed E-state index contributed by atoms with van der Waals surface area (Å²) in [6.45, 7) is 4.96. The van der Waals surface area contributed by atoms with Crippen molar-refractivity contribution in [3.05, 3.63) is 97.8 Å². The molecule has 2 atom stereocenters. The maximum Gasteiger partial charge on any atom is 0.416 e. The SMILES string of the molecule is CCc1c(C23CCN(C(=O)c4ncnc(C)c4O)CC2C3)c(=O)c2nn(-c3ccc(CN4CC(F)C4)cc3)nc2n1CC(=O)Nc1ccc(C(F)(F)F)cc1Cl. The molecule has 292 valence electrons. The van der Waals surface area contributed by atoms with Crippen LogP contribution in [0.5, 0.6) is 5.75 Å². The second kappa shape index (κ2) is 14.0. The predicted octanol–water partition coefficient (Wildman–Crippen LogP) is 5.22. The zero-order valence-electron chi connectivity index (χ0n) is 30.3. The van der Waals surface area contributed by atoms with E-state index in [1.807, 2.05) is 24.0 Å². The summed E-state index contributed by atoms with van der Waals surface area (Å²) in [6, 6.07) is 9.96. The third-order valence-corrected chi connectivity index (χ3v) is 11.4. The largest absolute Gasteiger partial charge is 0.504 e. The first-order valence-electron chi connectivity index (χ1n) is 18.1. The van der Waals surface area contributed by atoms with Crippen molar-refractivity contribution in [3.8, 4) is 11.4 Å². The highest BCUT2D eigenvalue weighted by Gasteiger charge is 2.60. The van der Waals surface area contributed by atoms with Gasteiger partial charge in [0.1, 0.15) is 19.0 Å². The minimum Gasteiger partial charge on any atom is -0.504 e. The minimum atomic E-state index is -4.62. The van der Waals surface area contributed by atoms with Gasteiger partial charge in [-0.3, -0.25) is 19.3 Å². The molecule has 0 bridgehead atoms. The van der Waals surface area contributed by atoms with Crippen LogP contribution in [0.25, 0.3) is 16.9 Å². The molecule has 2 unspecified atom stereocenters. The quantitative estimate of drug-likeness (QED) is 0.192. The monoisotopic (exact) mass is 793 g/mol. The maximum absolute atomic E-state index is 14.6. The van der Waals surface area contributed by atoms with Gasteiger partial charge in [0.05, 0.1) is 27.7 Å². The Morgan fingerprint density at radius 2 is 1.82 bits per heavy atom. The van der Waals surface area contributed by atoms with Gasteiger partial charge in [-0.2, -0.15) is 13.2 Å². The minimum absolute atomic E-state index is 0.0213. The smallest absolute Gasteiger partial charge is 0.416 e. The van der Waals surface area contributed by atoms with Crippen molar-refractivity contribution in [2.45, 2.75) is 64.0 Å². The first kappa shape index (κ1) is 37.5. The lowest BCUT2D eigenvalue weighted by atomic mass is 9.84. The lowest BCUT2D eigenvalue weighted by Crippen LogP contribution is -2.47. The Morgan fingerprint density at radius 1 is 1.07 bits per heavy atom. The number of halogens is 5. The Bertz CT molecular complexity index is 2450. The molecular weight excluding hydrogens is 758 g/mol. The van der Waals surface area contributed by atoms with Crippen molar-refractivity contribution < 1.29 is 32.3 Å². The molecule has 2 amide bonds. The van der Waals surface area contributed by atoms with Crippen LogP contribution in [0, 0.1) is 12.8 Å². The van der Waals surface area contributed by atoms with Crippen molar-refractivity contribution in [2.75, 3.05) is 31.5 Å². The molecule has 18 heteroatoms. The molecule has 5 heterocycles. The number of benzene rings is 2. The second-order valence-corrected chi connectivity index (χ2v) is 15.1. The van der Waals surface area contributed by atoms with E-state index >= 15 is 0 Å². The number of likely N-dealkylation sites (tertiary alicyclic amines) is 2. The van der Waals surface area contributed by atoms with Crippen molar-refractivity contribution in [3.63, 3.8) is 0 Å². The normalized spacial score (nSPS) is 19.8. The number of fused-ring (bicyclic) bond motifs is 2. The molecule has 0 spiro atoms. The molecule has 0 radical (unpaired) electrons. The Kier molecular flexibility index (Phi) is 9.34. The van der Waals surface area contributed by atoms with Gasteiger partial charge < -0.3 is 19.9 Å². The van der Waals surface area contributed by atoms with E-state index < -0.39 is 35.1 Å². The number of alkyl halides is 4. The average Bonchev–Trinajstić information content (AvgIpc) is 3.71. The summed E-state index contributed by atoms with van der Waals surface area (Å²) in [6.07, 6.45) is -2.90. The number of nitrogens with zero attached hydrogens (tertiary/aromatic N) is 8. The third-order valence-electron chi connectivity index (χ3n) is 11.1.